The van der Waals surface area contributed by atoms with Gasteiger partial charge in [-0.3, -0.25) is 4.90 Å². The number of rotatable bonds is 4. The number of hydrogen-bond donors (Lipinski definition) is 1. The second-order valence-corrected chi connectivity index (χ2v) is 6.04. The standard InChI is InChI=1S/C14H20BrFN2O/c1-18-7-9(6-17)3-14(18)10-4-12(15)11(8-19-2)13(16)5-10/h4-5,9,14H,3,6-8,17H2,1-2H3. The van der Waals surface area contributed by atoms with Crippen LogP contribution in [0.5, 0.6) is 0 Å². The molecule has 1 fully saturated rings. The molecule has 0 radical (unpaired) electrons. The lowest BCUT2D eigenvalue weighted by Crippen LogP contribution is -2.20. The first-order valence-corrected chi connectivity index (χ1v) is 7.23. The molecule has 0 aromatic heterocycles. The molecule has 0 bridgehead atoms. The maximum atomic E-state index is 14.1. The molecule has 1 saturated heterocycles. The number of ether oxygens (including phenoxy) is 1. The Morgan fingerprint density at radius 3 is 2.79 bits per heavy atom. The first-order chi connectivity index (χ1) is 9.06. The Morgan fingerprint density at radius 2 is 2.26 bits per heavy atom. The first-order valence-electron chi connectivity index (χ1n) is 6.43. The van der Waals surface area contributed by atoms with E-state index in [0.717, 1.165) is 23.0 Å². The molecular weight excluding hydrogens is 311 g/mol. The molecule has 5 heteroatoms. The number of methoxy groups -OCH3 is 1. The Hall–Kier alpha value is -0.490. The van der Waals surface area contributed by atoms with Crippen LogP contribution in [0.1, 0.15) is 23.6 Å². The second-order valence-electron chi connectivity index (χ2n) is 5.19. The Balaban J connectivity index is 2.26. The molecule has 0 spiro atoms. The minimum atomic E-state index is -0.212. The summed E-state index contributed by atoms with van der Waals surface area (Å²) in [6, 6.07) is 3.87. The van der Waals surface area contributed by atoms with Crippen molar-refractivity contribution in [2.45, 2.75) is 19.1 Å². The van der Waals surface area contributed by atoms with E-state index in [4.69, 9.17) is 10.5 Å². The van der Waals surface area contributed by atoms with E-state index >= 15 is 0 Å². The molecule has 0 saturated carbocycles. The third-order valence-corrected chi connectivity index (χ3v) is 4.51. The van der Waals surface area contributed by atoms with E-state index in [0.29, 0.717) is 18.0 Å². The highest BCUT2D eigenvalue weighted by Crippen LogP contribution is 2.36. The molecule has 0 amide bonds. The average molecular weight is 331 g/mol. The molecule has 1 aromatic rings. The van der Waals surface area contributed by atoms with Crippen LogP contribution in [0.4, 0.5) is 4.39 Å². The number of nitrogens with two attached hydrogens (primary N) is 1. The van der Waals surface area contributed by atoms with Crippen LogP contribution in [-0.2, 0) is 11.3 Å². The van der Waals surface area contributed by atoms with Gasteiger partial charge in [-0.05, 0) is 43.6 Å². The van der Waals surface area contributed by atoms with Gasteiger partial charge in [-0.2, -0.15) is 0 Å². The van der Waals surface area contributed by atoms with Crippen LogP contribution < -0.4 is 5.73 Å². The number of likely N-dealkylation sites (tertiary alicyclic amines) is 1. The predicted octanol–water partition coefficient (Wildman–Crippen LogP) is 2.69. The van der Waals surface area contributed by atoms with E-state index in [1.54, 1.807) is 13.2 Å². The summed E-state index contributed by atoms with van der Waals surface area (Å²) in [5, 5.41) is 0. The van der Waals surface area contributed by atoms with Crippen molar-refractivity contribution in [2.24, 2.45) is 11.7 Å². The smallest absolute Gasteiger partial charge is 0.130 e. The van der Waals surface area contributed by atoms with Crippen molar-refractivity contribution in [1.29, 1.82) is 0 Å². The number of benzene rings is 1. The van der Waals surface area contributed by atoms with Crippen molar-refractivity contribution in [3.8, 4) is 0 Å². The lowest BCUT2D eigenvalue weighted by atomic mass is 9.99. The van der Waals surface area contributed by atoms with Crippen molar-refractivity contribution in [3.63, 3.8) is 0 Å². The number of hydrogen-bond acceptors (Lipinski definition) is 3. The predicted molar refractivity (Wildman–Crippen MR) is 77.3 cm³/mol. The van der Waals surface area contributed by atoms with Gasteiger partial charge < -0.3 is 10.5 Å². The summed E-state index contributed by atoms with van der Waals surface area (Å²) in [5.41, 5.74) is 7.31. The molecule has 2 unspecified atom stereocenters. The Labute approximate surface area is 122 Å². The van der Waals surface area contributed by atoms with E-state index in [9.17, 15) is 4.39 Å². The molecule has 2 N–H and O–H groups in total. The van der Waals surface area contributed by atoms with E-state index in [2.05, 4.69) is 27.9 Å². The highest BCUT2D eigenvalue weighted by Gasteiger charge is 2.30. The molecule has 1 aliphatic rings. The molecule has 1 heterocycles. The van der Waals surface area contributed by atoms with Gasteiger partial charge in [0.1, 0.15) is 5.82 Å². The van der Waals surface area contributed by atoms with Gasteiger partial charge in [0, 0.05) is 29.7 Å². The Kier molecular flexibility index (Phi) is 4.95. The van der Waals surface area contributed by atoms with Crippen molar-refractivity contribution in [2.75, 3.05) is 27.2 Å². The van der Waals surface area contributed by atoms with Crippen molar-refractivity contribution < 1.29 is 9.13 Å². The topological polar surface area (TPSA) is 38.5 Å². The van der Waals surface area contributed by atoms with Crippen molar-refractivity contribution in [1.82, 2.24) is 4.90 Å². The molecule has 0 aliphatic carbocycles. The van der Waals surface area contributed by atoms with Gasteiger partial charge in [0.05, 0.1) is 6.61 Å². The number of nitrogens with zero attached hydrogens (tertiary/aromatic N) is 1. The molecule has 19 heavy (non-hydrogen) atoms. The second kappa shape index (κ2) is 6.31. The highest BCUT2D eigenvalue weighted by atomic mass is 79.9. The van der Waals surface area contributed by atoms with Crippen LogP contribution >= 0.6 is 15.9 Å². The number of halogens is 2. The van der Waals surface area contributed by atoms with Crippen LogP contribution in [0.25, 0.3) is 0 Å². The molecule has 1 aliphatic heterocycles. The third-order valence-electron chi connectivity index (χ3n) is 3.80. The third kappa shape index (κ3) is 3.16. The molecule has 2 rings (SSSR count). The summed E-state index contributed by atoms with van der Waals surface area (Å²) in [6.07, 6.45) is 0.989. The maximum Gasteiger partial charge on any atom is 0.130 e. The normalized spacial score (nSPS) is 24.1. The van der Waals surface area contributed by atoms with E-state index in [1.807, 2.05) is 6.07 Å². The van der Waals surface area contributed by atoms with Crippen LogP contribution in [0.3, 0.4) is 0 Å². The van der Waals surface area contributed by atoms with Crippen LogP contribution in [0, 0.1) is 11.7 Å². The first kappa shape index (κ1) is 14.9. The van der Waals surface area contributed by atoms with Gasteiger partial charge >= 0.3 is 0 Å². The van der Waals surface area contributed by atoms with Crippen molar-refractivity contribution >= 4 is 15.9 Å². The van der Waals surface area contributed by atoms with Crippen LogP contribution in [0.2, 0.25) is 0 Å². The highest BCUT2D eigenvalue weighted by molar-refractivity contribution is 9.10. The molecule has 3 nitrogen and oxygen atoms in total. The minimum absolute atomic E-state index is 0.212. The summed E-state index contributed by atoms with van der Waals surface area (Å²) in [7, 11) is 3.63. The van der Waals surface area contributed by atoms with Gasteiger partial charge in [-0.1, -0.05) is 15.9 Å². The van der Waals surface area contributed by atoms with Gasteiger partial charge in [-0.15, -0.1) is 0 Å². The lowest BCUT2D eigenvalue weighted by Gasteiger charge is -2.21. The summed E-state index contributed by atoms with van der Waals surface area (Å²) in [5.74, 6) is 0.284. The molecule has 2 atom stereocenters. The monoisotopic (exact) mass is 330 g/mol. The molecular formula is C14H20BrFN2O. The zero-order valence-corrected chi connectivity index (χ0v) is 12.9. The summed E-state index contributed by atoms with van der Waals surface area (Å²) in [6.45, 7) is 1.94. The maximum absolute atomic E-state index is 14.1. The fraction of sp³-hybridized carbons (Fsp3) is 0.571. The van der Waals surface area contributed by atoms with Gasteiger partial charge in [0.25, 0.3) is 0 Å². The SMILES string of the molecule is COCc1c(F)cc(C2CC(CN)CN2C)cc1Br. The van der Waals surface area contributed by atoms with E-state index < -0.39 is 0 Å². The van der Waals surface area contributed by atoms with Crippen LogP contribution in [-0.4, -0.2) is 32.1 Å². The Morgan fingerprint density at radius 1 is 1.53 bits per heavy atom. The molecule has 1 aromatic carbocycles. The summed E-state index contributed by atoms with van der Waals surface area (Å²) >= 11 is 3.43. The van der Waals surface area contributed by atoms with Crippen LogP contribution in [0.15, 0.2) is 16.6 Å². The minimum Gasteiger partial charge on any atom is -0.380 e. The summed E-state index contributed by atoms with van der Waals surface area (Å²) in [4.78, 5) is 2.24. The van der Waals surface area contributed by atoms with Gasteiger partial charge in [0.2, 0.25) is 0 Å². The van der Waals surface area contributed by atoms with Gasteiger partial charge in [0.15, 0.2) is 0 Å². The van der Waals surface area contributed by atoms with Crippen molar-refractivity contribution in [3.05, 3.63) is 33.5 Å². The lowest BCUT2D eigenvalue weighted by molar-refractivity contribution is 0.180. The fourth-order valence-electron chi connectivity index (χ4n) is 2.76. The van der Waals surface area contributed by atoms with E-state index in [1.165, 1.54) is 0 Å². The fourth-order valence-corrected chi connectivity index (χ4v) is 3.33. The zero-order chi connectivity index (χ0) is 14.0. The largest absolute Gasteiger partial charge is 0.380 e. The molecule has 106 valence electrons. The van der Waals surface area contributed by atoms with Gasteiger partial charge in [-0.25, -0.2) is 4.39 Å². The van der Waals surface area contributed by atoms with E-state index in [-0.39, 0.29) is 18.5 Å². The zero-order valence-electron chi connectivity index (χ0n) is 11.3. The Bertz CT molecular complexity index is 432. The summed E-state index contributed by atoms with van der Waals surface area (Å²) < 4.78 is 19.9. The quantitative estimate of drug-likeness (QED) is 0.922. The average Bonchev–Trinajstić information content (AvgIpc) is 2.75.